The number of carbonyl (C=O) groups excluding carboxylic acids is 1. The molecule has 15 heavy (non-hydrogen) atoms. The molecular weight excluding hydrogens is 252 g/mol. The van der Waals surface area contributed by atoms with Gasteiger partial charge in [-0.1, -0.05) is 35.0 Å². The maximum absolute atomic E-state index is 11.4. The zero-order valence-corrected chi connectivity index (χ0v) is 11.3. The van der Waals surface area contributed by atoms with Crippen molar-refractivity contribution in [3.8, 4) is 0 Å². The van der Waals surface area contributed by atoms with E-state index in [1.54, 1.807) is 6.92 Å². The maximum Gasteiger partial charge on any atom is 0.160 e. The molecule has 0 spiro atoms. The summed E-state index contributed by atoms with van der Waals surface area (Å²) < 4.78 is 0. The van der Waals surface area contributed by atoms with Crippen LogP contribution in [-0.2, 0) is 6.42 Å². The smallest absolute Gasteiger partial charge is 0.160 e. The van der Waals surface area contributed by atoms with Crippen LogP contribution < -0.4 is 0 Å². The van der Waals surface area contributed by atoms with Crippen molar-refractivity contribution < 1.29 is 4.79 Å². The Morgan fingerprint density at radius 3 is 2.47 bits per heavy atom. The predicted octanol–water partition coefficient (Wildman–Crippen LogP) is 4.22. The molecule has 2 heteroatoms. The Hall–Kier alpha value is -0.630. The first kappa shape index (κ1) is 12.4. The fraction of sp³-hybridized carbons (Fsp3) is 0.462. The van der Waals surface area contributed by atoms with Gasteiger partial charge in [0, 0.05) is 10.4 Å². The van der Waals surface area contributed by atoms with Gasteiger partial charge < -0.3 is 0 Å². The lowest BCUT2D eigenvalue weighted by Crippen LogP contribution is -2.04. The highest BCUT2D eigenvalue weighted by Crippen LogP contribution is 2.29. The van der Waals surface area contributed by atoms with Crippen molar-refractivity contribution in [3.63, 3.8) is 0 Å². The first-order valence-electron chi connectivity index (χ1n) is 5.26. The molecule has 0 aromatic heterocycles. The lowest BCUT2D eigenvalue weighted by Gasteiger charge is -2.15. The van der Waals surface area contributed by atoms with Gasteiger partial charge in [0.05, 0.1) is 0 Å². The van der Waals surface area contributed by atoms with E-state index in [-0.39, 0.29) is 5.78 Å². The molecule has 0 fully saturated rings. The number of halogens is 1. The van der Waals surface area contributed by atoms with Crippen LogP contribution in [0.15, 0.2) is 12.1 Å². The first-order chi connectivity index (χ1) is 6.99. The molecule has 0 saturated carbocycles. The third kappa shape index (κ3) is 2.49. The van der Waals surface area contributed by atoms with E-state index >= 15 is 0 Å². The molecule has 1 nitrogen and oxygen atoms in total. The van der Waals surface area contributed by atoms with E-state index in [0.717, 1.165) is 12.0 Å². The van der Waals surface area contributed by atoms with Crippen LogP contribution in [0.3, 0.4) is 0 Å². The molecule has 0 aliphatic heterocycles. The van der Waals surface area contributed by atoms with Gasteiger partial charge in [0.1, 0.15) is 0 Å². The molecule has 82 valence electrons. The van der Waals surface area contributed by atoms with Crippen LogP contribution in [-0.4, -0.2) is 5.78 Å². The molecule has 0 aliphatic rings. The maximum atomic E-state index is 11.4. The molecule has 0 radical (unpaired) electrons. The topological polar surface area (TPSA) is 17.1 Å². The summed E-state index contributed by atoms with van der Waals surface area (Å²) >= 11 is 3.57. The van der Waals surface area contributed by atoms with Crippen molar-refractivity contribution in [1.29, 1.82) is 0 Å². The van der Waals surface area contributed by atoms with Crippen molar-refractivity contribution in [2.75, 3.05) is 0 Å². The number of benzene rings is 1. The summed E-state index contributed by atoms with van der Waals surface area (Å²) in [6, 6.07) is 3.99. The van der Waals surface area contributed by atoms with Crippen LogP contribution in [0.5, 0.6) is 0 Å². The lowest BCUT2D eigenvalue weighted by atomic mass is 9.92. The quantitative estimate of drug-likeness (QED) is 0.593. The van der Waals surface area contributed by atoms with Crippen LogP contribution in [0.25, 0.3) is 0 Å². The highest BCUT2D eigenvalue weighted by Gasteiger charge is 2.13. The summed E-state index contributed by atoms with van der Waals surface area (Å²) in [7, 11) is 0. The van der Waals surface area contributed by atoms with Crippen LogP contribution in [0, 0.1) is 6.92 Å². The summed E-state index contributed by atoms with van der Waals surface area (Å²) in [5.41, 5.74) is 4.57. The fourth-order valence-corrected chi connectivity index (χ4v) is 2.49. The van der Waals surface area contributed by atoms with Crippen molar-refractivity contribution in [3.05, 3.63) is 34.4 Å². The predicted molar refractivity (Wildman–Crippen MR) is 67.9 cm³/mol. The fourth-order valence-electron chi connectivity index (χ4n) is 1.99. The van der Waals surface area contributed by atoms with E-state index in [4.69, 9.17) is 0 Å². The summed E-state index contributed by atoms with van der Waals surface area (Å²) in [5.74, 6) is 0.156. The Morgan fingerprint density at radius 1 is 1.47 bits per heavy atom. The zero-order valence-electron chi connectivity index (χ0n) is 9.73. The molecule has 0 saturated heterocycles. The Balaban J connectivity index is 3.39. The van der Waals surface area contributed by atoms with Crippen molar-refractivity contribution in [2.24, 2.45) is 0 Å². The van der Waals surface area contributed by atoms with E-state index in [9.17, 15) is 4.79 Å². The molecule has 0 amide bonds. The van der Waals surface area contributed by atoms with Crippen molar-refractivity contribution in [2.45, 2.75) is 38.9 Å². The number of alkyl halides is 1. The van der Waals surface area contributed by atoms with Gasteiger partial charge in [-0.3, -0.25) is 4.79 Å². The Kier molecular flexibility index (Phi) is 4.09. The molecule has 0 bridgehead atoms. The zero-order chi connectivity index (χ0) is 11.6. The minimum atomic E-state index is 0.156. The van der Waals surface area contributed by atoms with E-state index in [2.05, 4.69) is 36.7 Å². The number of rotatable bonds is 3. The van der Waals surface area contributed by atoms with Gasteiger partial charge in [0.15, 0.2) is 5.78 Å². The van der Waals surface area contributed by atoms with Gasteiger partial charge in [0.25, 0.3) is 0 Å². The summed E-state index contributed by atoms with van der Waals surface area (Å²) in [4.78, 5) is 11.8. The summed E-state index contributed by atoms with van der Waals surface area (Å²) in [6.07, 6.45) is 0.911. The molecule has 0 aliphatic carbocycles. The average molecular weight is 269 g/mol. The summed E-state index contributed by atoms with van der Waals surface area (Å²) in [6.45, 7) is 7.93. The first-order valence-corrected chi connectivity index (χ1v) is 6.18. The van der Waals surface area contributed by atoms with E-state index < -0.39 is 0 Å². The molecule has 1 aromatic rings. The monoisotopic (exact) mass is 268 g/mol. The number of carbonyl (C=O) groups is 1. The molecule has 1 aromatic carbocycles. The number of ketones is 1. The molecule has 0 N–H and O–H groups in total. The second kappa shape index (κ2) is 4.93. The minimum Gasteiger partial charge on any atom is -0.295 e. The van der Waals surface area contributed by atoms with E-state index in [1.807, 2.05) is 12.1 Å². The summed E-state index contributed by atoms with van der Waals surface area (Å²) in [5, 5.41) is 0. The van der Waals surface area contributed by atoms with Crippen LogP contribution in [0.2, 0.25) is 0 Å². The molecule has 1 atom stereocenters. The van der Waals surface area contributed by atoms with Crippen molar-refractivity contribution >= 4 is 21.7 Å². The van der Waals surface area contributed by atoms with Crippen molar-refractivity contribution in [1.82, 2.24) is 0 Å². The second-order valence-electron chi connectivity index (χ2n) is 3.83. The normalized spacial score (nSPS) is 12.6. The number of Topliss-reactive ketones (excluding diaryl/α,β-unsaturated/α-hetero) is 1. The molecule has 1 unspecified atom stereocenters. The van der Waals surface area contributed by atoms with Crippen LogP contribution in [0.1, 0.15) is 52.6 Å². The van der Waals surface area contributed by atoms with Gasteiger partial charge in [-0.15, -0.1) is 0 Å². The molecule has 0 heterocycles. The van der Waals surface area contributed by atoms with E-state index in [0.29, 0.717) is 4.83 Å². The number of hydrogen-bond donors (Lipinski definition) is 0. The standard InChI is InChI=1S/C13H17BrO/c1-5-11-8(2)12(9(3)14)6-7-13(11)10(4)15/h6-7,9H,5H2,1-4H3. The van der Waals surface area contributed by atoms with Gasteiger partial charge in [-0.25, -0.2) is 0 Å². The van der Waals surface area contributed by atoms with Gasteiger partial charge in [-0.05, 0) is 43.9 Å². The van der Waals surface area contributed by atoms with Crippen LogP contribution in [0.4, 0.5) is 0 Å². The van der Waals surface area contributed by atoms with E-state index in [1.165, 1.54) is 16.7 Å². The Morgan fingerprint density at radius 2 is 2.07 bits per heavy atom. The lowest BCUT2D eigenvalue weighted by molar-refractivity contribution is 0.101. The Bertz CT molecular complexity index is 380. The highest BCUT2D eigenvalue weighted by atomic mass is 79.9. The SMILES string of the molecule is CCc1c(C(C)=O)ccc(C(C)Br)c1C. The minimum absolute atomic E-state index is 0.156. The number of hydrogen-bond acceptors (Lipinski definition) is 1. The van der Waals surface area contributed by atoms with Gasteiger partial charge >= 0.3 is 0 Å². The second-order valence-corrected chi connectivity index (χ2v) is 5.21. The third-order valence-corrected chi connectivity index (χ3v) is 3.30. The van der Waals surface area contributed by atoms with Crippen LogP contribution >= 0.6 is 15.9 Å². The molecule has 1 rings (SSSR count). The van der Waals surface area contributed by atoms with Gasteiger partial charge in [0.2, 0.25) is 0 Å². The largest absolute Gasteiger partial charge is 0.295 e. The average Bonchev–Trinajstić information content (AvgIpc) is 2.16. The van der Waals surface area contributed by atoms with Gasteiger partial charge in [-0.2, -0.15) is 0 Å². The highest BCUT2D eigenvalue weighted by molar-refractivity contribution is 9.09. The molecular formula is C13H17BrO. The Labute approximate surface area is 100 Å². The third-order valence-electron chi connectivity index (χ3n) is 2.80.